The number of ether oxygens (including phenoxy) is 1. The molecule has 5 heteroatoms. The van der Waals surface area contributed by atoms with E-state index in [1.54, 1.807) is 14.1 Å². The van der Waals surface area contributed by atoms with Gasteiger partial charge in [-0.25, -0.2) is 14.0 Å². The average Bonchev–Trinajstić information content (AvgIpc) is 2.89. The van der Waals surface area contributed by atoms with Crippen molar-refractivity contribution in [2.75, 3.05) is 6.61 Å². The van der Waals surface area contributed by atoms with E-state index in [4.69, 9.17) is 4.74 Å². The van der Waals surface area contributed by atoms with E-state index in [0.29, 0.717) is 18.5 Å². The average molecular weight is 183 g/mol. The van der Waals surface area contributed by atoms with Gasteiger partial charge in [0.1, 0.15) is 0 Å². The molecule has 1 aliphatic rings. The van der Waals surface area contributed by atoms with Crippen LogP contribution in [0.25, 0.3) is 0 Å². The van der Waals surface area contributed by atoms with E-state index in [9.17, 15) is 4.79 Å². The first-order chi connectivity index (χ1) is 6.18. The van der Waals surface area contributed by atoms with Crippen molar-refractivity contribution in [1.29, 1.82) is 0 Å². The Hall–Kier alpha value is -1.26. The molecular formula is C8H13N3O2. The van der Waals surface area contributed by atoms with Gasteiger partial charge in [0.2, 0.25) is 0 Å². The molecule has 5 nitrogen and oxygen atoms in total. The van der Waals surface area contributed by atoms with Gasteiger partial charge in [-0.05, 0) is 18.8 Å². The van der Waals surface area contributed by atoms with Crippen molar-refractivity contribution in [3.63, 3.8) is 0 Å². The molecule has 1 aromatic heterocycles. The predicted octanol–water partition coefficient (Wildman–Crippen LogP) is -0.0924. The smallest absolute Gasteiger partial charge is 0.348 e. The van der Waals surface area contributed by atoms with Crippen LogP contribution in [0.15, 0.2) is 4.79 Å². The maximum atomic E-state index is 11.2. The molecule has 0 aliphatic heterocycles. The quantitative estimate of drug-likeness (QED) is 0.658. The molecule has 0 saturated heterocycles. The van der Waals surface area contributed by atoms with E-state index in [1.165, 1.54) is 22.1 Å². The minimum absolute atomic E-state index is 0.147. The fraction of sp³-hybridized carbons (Fsp3) is 0.750. The largest absolute Gasteiger partial charge is 0.463 e. The molecule has 1 aliphatic carbocycles. The van der Waals surface area contributed by atoms with Crippen LogP contribution in [0.4, 0.5) is 0 Å². The van der Waals surface area contributed by atoms with Crippen molar-refractivity contribution in [3.05, 3.63) is 10.5 Å². The minimum Gasteiger partial charge on any atom is -0.463 e. The Morgan fingerprint density at radius 1 is 1.54 bits per heavy atom. The van der Waals surface area contributed by atoms with Gasteiger partial charge in [0, 0.05) is 14.1 Å². The summed E-state index contributed by atoms with van der Waals surface area (Å²) in [6, 6.07) is 0.416. The Morgan fingerprint density at radius 3 is 2.69 bits per heavy atom. The van der Waals surface area contributed by atoms with Gasteiger partial charge >= 0.3 is 11.7 Å². The molecule has 0 atom stereocenters. The third-order valence-electron chi connectivity index (χ3n) is 2.23. The molecule has 0 unspecified atom stereocenters. The van der Waals surface area contributed by atoms with Crippen molar-refractivity contribution >= 4 is 0 Å². The highest BCUT2D eigenvalue weighted by molar-refractivity contribution is 4.93. The fourth-order valence-corrected chi connectivity index (χ4v) is 1.14. The van der Waals surface area contributed by atoms with Crippen LogP contribution in [0.1, 0.15) is 12.8 Å². The van der Waals surface area contributed by atoms with Crippen LogP contribution in [0, 0.1) is 5.92 Å². The van der Waals surface area contributed by atoms with Crippen LogP contribution in [-0.2, 0) is 14.1 Å². The Labute approximate surface area is 75.9 Å². The zero-order chi connectivity index (χ0) is 9.42. The topological polar surface area (TPSA) is 49.0 Å². The summed E-state index contributed by atoms with van der Waals surface area (Å²) >= 11 is 0. The number of hydrogen-bond donors (Lipinski definition) is 0. The van der Waals surface area contributed by atoms with E-state index in [0.717, 1.165) is 0 Å². The summed E-state index contributed by atoms with van der Waals surface area (Å²) < 4.78 is 8.09. The molecule has 0 bridgehead atoms. The van der Waals surface area contributed by atoms with Crippen LogP contribution in [-0.4, -0.2) is 21.0 Å². The molecule has 72 valence electrons. The first-order valence-electron chi connectivity index (χ1n) is 4.41. The minimum atomic E-state index is -0.147. The third kappa shape index (κ3) is 1.59. The maximum absolute atomic E-state index is 11.2. The zero-order valence-corrected chi connectivity index (χ0v) is 7.86. The van der Waals surface area contributed by atoms with Crippen molar-refractivity contribution in [2.45, 2.75) is 12.8 Å². The third-order valence-corrected chi connectivity index (χ3v) is 2.23. The highest BCUT2D eigenvalue weighted by atomic mass is 16.5. The monoisotopic (exact) mass is 183 g/mol. The SMILES string of the molecule is Cn1nc(OCC2CC2)n(C)c1=O. The number of aryl methyl sites for hydroxylation is 1. The molecule has 13 heavy (non-hydrogen) atoms. The van der Waals surface area contributed by atoms with Crippen LogP contribution < -0.4 is 10.4 Å². The van der Waals surface area contributed by atoms with Gasteiger partial charge in [0.15, 0.2) is 0 Å². The molecule has 1 heterocycles. The number of hydrogen-bond acceptors (Lipinski definition) is 3. The molecule has 0 N–H and O–H groups in total. The molecule has 0 spiro atoms. The molecule has 0 amide bonds. The second-order valence-electron chi connectivity index (χ2n) is 3.50. The lowest BCUT2D eigenvalue weighted by Crippen LogP contribution is -2.20. The summed E-state index contributed by atoms with van der Waals surface area (Å²) in [5.41, 5.74) is -0.147. The van der Waals surface area contributed by atoms with Crippen LogP contribution in [0.3, 0.4) is 0 Å². The van der Waals surface area contributed by atoms with Gasteiger partial charge < -0.3 is 4.74 Å². The Bertz CT molecular complexity index is 362. The van der Waals surface area contributed by atoms with Gasteiger partial charge in [-0.3, -0.25) is 0 Å². The molecule has 1 saturated carbocycles. The number of nitrogens with zero attached hydrogens (tertiary/aromatic N) is 3. The molecule has 0 radical (unpaired) electrons. The highest BCUT2D eigenvalue weighted by Crippen LogP contribution is 2.28. The molecule has 1 fully saturated rings. The standard InChI is InChI=1S/C8H13N3O2/c1-10-7(9-11(2)8(10)12)13-5-6-3-4-6/h6H,3-5H2,1-2H3. The zero-order valence-electron chi connectivity index (χ0n) is 7.86. The van der Waals surface area contributed by atoms with E-state index in [-0.39, 0.29) is 5.69 Å². The summed E-state index contributed by atoms with van der Waals surface area (Å²) in [7, 11) is 3.28. The highest BCUT2D eigenvalue weighted by Gasteiger charge is 2.23. The summed E-state index contributed by atoms with van der Waals surface area (Å²) in [5, 5.41) is 3.95. The lowest BCUT2D eigenvalue weighted by molar-refractivity contribution is 0.265. The van der Waals surface area contributed by atoms with E-state index >= 15 is 0 Å². The van der Waals surface area contributed by atoms with Crippen molar-refractivity contribution < 1.29 is 4.74 Å². The summed E-state index contributed by atoms with van der Waals surface area (Å²) in [4.78, 5) is 11.2. The summed E-state index contributed by atoms with van der Waals surface area (Å²) in [5.74, 6) is 0.678. The second kappa shape index (κ2) is 2.90. The Kier molecular flexibility index (Phi) is 1.86. The van der Waals surface area contributed by atoms with Crippen molar-refractivity contribution in [1.82, 2.24) is 14.3 Å². The van der Waals surface area contributed by atoms with Crippen LogP contribution in [0.2, 0.25) is 0 Å². The molecule has 0 aromatic carbocycles. The Morgan fingerprint density at radius 2 is 2.23 bits per heavy atom. The molecular weight excluding hydrogens is 170 g/mol. The molecule has 2 rings (SSSR count). The van der Waals surface area contributed by atoms with Gasteiger partial charge in [-0.2, -0.15) is 0 Å². The number of aromatic nitrogens is 3. The van der Waals surface area contributed by atoms with Crippen LogP contribution in [0.5, 0.6) is 6.01 Å². The van der Waals surface area contributed by atoms with Gasteiger partial charge in [0.25, 0.3) is 0 Å². The Balaban J connectivity index is 2.10. The first kappa shape index (κ1) is 8.34. The van der Waals surface area contributed by atoms with Crippen molar-refractivity contribution in [3.8, 4) is 6.01 Å². The van der Waals surface area contributed by atoms with Gasteiger partial charge in [-0.15, -0.1) is 5.10 Å². The van der Waals surface area contributed by atoms with E-state index in [2.05, 4.69) is 5.10 Å². The molecule has 1 aromatic rings. The summed E-state index contributed by atoms with van der Waals surface area (Å²) in [6.07, 6.45) is 2.47. The fourth-order valence-electron chi connectivity index (χ4n) is 1.14. The van der Waals surface area contributed by atoms with E-state index in [1.807, 2.05) is 0 Å². The second-order valence-corrected chi connectivity index (χ2v) is 3.50. The van der Waals surface area contributed by atoms with Gasteiger partial charge in [-0.1, -0.05) is 0 Å². The van der Waals surface area contributed by atoms with Gasteiger partial charge in [0.05, 0.1) is 6.61 Å². The van der Waals surface area contributed by atoms with Crippen LogP contribution >= 0.6 is 0 Å². The number of rotatable bonds is 3. The first-order valence-corrected chi connectivity index (χ1v) is 4.41. The predicted molar refractivity (Wildman–Crippen MR) is 46.7 cm³/mol. The van der Waals surface area contributed by atoms with E-state index < -0.39 is 0 Å². The normalized spacial score (nSPS) is 16.2. The lowest BCUT2D eigenvalue weighted by Gasteiger charge is -2.00. The maximum Gasteiger partial charge on any atom is 0.348 e. The van der Waals surface area contributed by atoms with Crippen molar-refractivity contribution in [2.24, 2.45) is 20.0 Å². The summed E-state index contributed by atoms with van der Waals surface area (Å²) in [6.45, 7) is 0.685. The lowest BCUT2D eigenvalue weighted by atomic mass is 10.5.